The van der Waals surface area contributed by atoms with Gasteiger partial charge in [0.25, 0.3) is 0 Å². The van der Waals surface area contributed by atoms with Crippen molar-refractivity contribution in [2.24, 2.45) is 5.11 Å². The van der Waals surface area contributed by atoms with Crippen LogP contribution < -0.4 is 5.73 Å². The number of amides is 1. The number of nitrogen functional groups attached to an aromatic ring is 1. The summed E-state index contributed by atoms with van der Waals surface area (Å²) in [6.45, 7) is 4.48. The minimum absolute atomic E-state index is 0.163. The fourth-order valence-electron chi connectivity index (χ4n) is 4.40. The van der Waals surface area contributed by atoms with E-state index in [0.29, 0.717) is 48.1 Å². The number of rotatable bonds is 14. The first-order valence-electron chi connectivity index (χ1n) is 14.5. The molecular weight excluding hydrogens is 596 g/mol. The molecule has 4 aromatic rings. The Morgan fingerprint density at radius 1 is 1.04 bits per heavy atom. The van der Waals surface area contributed by atoms with Crippen LogP contribution in [-0.2, 0) is 21.1 Å². The smallest absolute Gasteiger partial charge is 0.409 e. The summed E-state index contributed by atoms with van der Waals surface area (Å²) in [5.74, 6) is 0.495. The Labute approximate surface area is 262 Å². The highest BCUT2D eigenvalue weighted by Gasteiger charge is 2.20. The number of ether oxygens (including phenoxy) is 1. The van der Waals surface area contributed by atoms with Gasteiger partial charge in [0.15, 0.2) is 27.1 Å². The minimum atomic E-state index is -3.39. The van der Waals surface area contributed by atoms with E-state index >= 15 is 0 Å². The van der Waals surface area contributed by atoms with Crippen LogP contribution in [0.25, 0.3) is 44.4 Å². The number of nitrogens with zero attached hydrogens (tertiary/aromatic N) is 7. The fourth-order valence-corrected chi connectivity index (χ4v) is 5.46. The molecule has 1 amide bonds. The number of carbonyl (C=O) groups excluding carboxylic acids is 1. The first-order valence-corrected chi connectivity index (χ1v) is 16.1. The molecule has 0 bridgehead atoms. The van der Waals surface area contributed by atoms with Gasteiger partial charge in [0.1, 0.15) is 5.69 Å². The number of nitrogens with two attached hydrogens (primary N) is 1. The molecule has 2 aromatic carbocycles. The Hall–Kier alpha value is -4.94. The van der Waals surface area contributed by atoms with Crippen LogP contribution in [0.4, 0.5) is 10.6 Å². The number of azide groups is 1. The molecule has 4 rings (SSSR count). The van der Waals surface area contributed by atoms with Gasteiger partial charge in [-0.2, -0.15) is 0 Å². The molecular formula is C31H36N8O5S. The van der Waals surface area contributed by atoms with Crippen molar-refractivity contribution < 1.29 is 22.5 Å². The molecule has 0 aliphatic rings. The summed E-state index contributed by atoms with van der Waals surface area (Å²) in [6.07, 6.45) is 4.51. The topological polar surface area (TPSA) is 190 Å². The van der Waals surface area contributed by atoms with Crippen LogP contribution in [0.5, 0.6) is 0 Å². The molecule has 2 N–H and O–H groups in total. The quantitative estimate of drug-likeness (QED) is 0.0684. The highest BCUT2D eigenvalue weighted by atomic mass is 32.2. The Morgan fingerprint density at radius 3 is 2.40 bits per heavy atom. The lowest BCUT2D eigenvalue weighted by Gasteiger charge is -2.17. The summed E-state index contributed by atoms with van der Waals surface area (Å²) in [6, 6.07) is 15.8. The van der Waals surface area contributed by atoms with Crippen LogP contribution in [-0.4, -0.2) is 60.0 Å². The van der Waals surface area contributed by atoms with Crippen LogP contribution in [0.1, 0.15) is 45.1 Å². The maximum Gasteiger partial charge on any atom is 0.409 e. The highest BCUT2D eigenvalue weighted by molar-refractivity contribution is 7.92. The number of carbonyl (C=O) groups is 1. The van der Waals surface area contributed by atoms with E-state index in [4.69, 9.17) is 20.5 Å². The van der Waals surface area contributed by atoms with Crippen molar-refractivity contribution in [2.75, 3.05) is 25.9 Å². The third kappa shape index (κ3) is 8.58. The summed E-state index contributed by atoms with van der Waals surface area (Å²) in [4.78, 5) is 25.7. The van der Waals surface area contributed by atoms with Crippen molar-refractivity contribution in [1.82, 2.24) is 20.0 Å². The maximum absolute atomic E-state index is 12.5. The van der Waals surface area contributed by atoms with E-state index < -0.39 is 21.2 Å². The molecule has 0 aliphatic heterocycles. The fraction of sp³-hybridized carbons (Fsp3) is 0.355. The van der Waals surface area contributed by atoms with Crippen LogP contribution in [0, 0.1) is 0 Å². The zero-order chi connectivity index (χ0) is 32.4. The van der Waals surface area contributed by atoms with Crippen LogP contribution in [0.15, 0.2) is 75.3 Å². The molecule has 0 fully saturated rings. The molecule has 0 radical (unpaired) electrons. The lowest BCUT2D eigenvalue weighted by molar-refractivity contribution is 0.107. The lowest BCUT2D eigenvalue weighted by atomic mass is 10.1. The summed E-state index contributed by atoms with van der Waals surface area (Å²) in [7, 11) is -1.71. The average molecular weight is 633 g/mol. The number of hydrogen-bond donors (Lipinski definition) is 1. The Bertz CT molecular complexity index is 1750. The van der Waals surface area contributed by atoms with Crippen molar-refractivity contribution in [3.63, 3.8) is 0 Å². The van der Waals surface area contributed by atoms with Crippen LogP contribution in [0.2, 0.25) is 0 Å². The molecule has 2 heterocycles. The van der Waals surface area contributed by atoms with Crippen LogP contribution >= 0.6 is 0 Å². The van der Waals surface area contributed by atoms with Crippen molar-refractivity contribution in [3.05, 3.63) is 76.8 Å². The number of benzene rings is 2. The van der Waals surface area contributed by atoms with E-state index in [9.17, 15) is 13.2 Å². The predicted molar refractivity (Wildman–Crippen MR) is 170 cm³/mol. The average Bonchev–Trinajstić information content (AvgIpc) is 3.53. The monoisotopic (exact) mass is 632 g/mol. The summed E-state index contributed by atoms with van der Waals surface area (Å²) < 4.78 is 35.9. The van der Waals surface area contributed by atoms with Gasteiger partial charge in [0.2, 0.25) is 0 Å². The van der Waals surface area contributed by atoms with Gasteiger partial charge in [-0.3, -0.25) is 0 Å². The number of aromatic nitrogens is 3. The van der Waals surface area contributed by atoms with E-state index in [0.717, 1.165) is 36.8 Å². The second-order valence-electron chi connectivity index (χ2n) is 10.7. The largest absolute Gasteiger partial charge is 0.449 e. The molecule has 0 atom stereocenters. The Morgan fingerprint density at radius 2 is 1.71 bits per heavy atom. The van der Waals surface area contributed by atoms with Gasteiger partial charge in [-0.25, -0.2) is 23.2 Å². The molecule has 13 nitrogen and oxygen atoms in total. The van der Waals surface area contributed by atoms with E-state index in [2.05, 4.69) is 25.2 Å². The highest BCUT2D eigenvalue weighted by Crippen LogP contribution is 2.30. The maximum atomic E-state index is 12.5. The molecule has 45 heavy (non-hydrogen) atoms. The number of hydrogen-bond acceptors (Lipinski definition) is 10. The van der Waals surface area contributed by atoms with E-state index in [1.165, 1.54) is 11.1 Å². The Balaban J connectivity index is 1.36. The van der Waals surface area contributed by atoms with Gasteiger partial charge in [0, 0.05) is 42.2 Å². The molecule has 236 valence electrons. The zero-order valence-electron chi connectivity index (χ0n) is 25.5. The van der Waals surface area contributed by atoms with Gasteiger partial charge in [-0.15, -0.1) is 0 Å². The first kappa shape index (κ1) is 33.0. The summed E-state index contributed by atoms with van der Waals surface area (Å²) in [5, 5.41) is 7.16. The van der Waals surface area contributed by atoms with Gasteiger partial charge in [-0.05, 0) is 49.9 Å². The predicted octanol–water partition coefficient (Wildman–Crippen LogP) is 6.67. The van der Waals surface area contributed by atoms with Gasteiger partial charge in [0.05, 0.1) is 28.6 Å². The Kier molecular flexibility index (Phi) is 11.1. The second kappa shape index (κ2) is 15.2. The molecule has 0 unspecified atom stereocenters. The molecule has 14 heteroatoms. The van der Waals surface area contributed by atoms with Crippen LogP contribution in [0.3, 0.4) is 0 Å². The SMILES string of the molecule is CC(C)S(=O)(=O)c1ccc(-c2cnc(N)c(-c3cc(-c4ccc(CN(C)C(=O)OCCCCCCN=[N+]=[N-])cc4)no3)n2)cc1. The van der Waals surface area contributed by atoms with Crippen molar-refractivity contribution in [2.45, 2.75) is 56.2 Å². The van der Waals surface area contributed by atoms with E-state index in [1.807, 2.05) is 24.3 Å². The number of anilines is 1. The van der Waals surface area contributed by atoms with Crippen molar-refractivity contribution in [3.8, 4) is 34.0 Å². The lowest BCUT2D eigenvalue weighted by Crippen LogP contribution is -2.27. The van der Waals surface area contributed by atoms with E-state index in [-0.39, 0.29) is 10.7 Å². The standard InChI is InChI=1S/C31H36N8O5S/c1-21(2)45(41,42)25-14-12-24(13-15-25)27-19-34-30(32)29(36-27)28-18-26(37-44-28)23-10-8-22(9-11-23)20-39(3)31(40)43-17-7-5-4-6-16-35-38-33/h8-15,18-19,21H,4-7,16-17,20H2,1-3H3,(H2,32,34). The minimum Gasteiger partial charge on any atom is -0.449 e. The number of sulfone groups is 1. The molecule has 0 spiro atoms. The third-order valence-electron chi connectivity index (χ3n) is 7.07. The molecule has 0 saturated heterocycles. The number of unbranched alkanes of at least 4 members (excludes halogenated alkanes) is 3. The van der Waals surface area contributed by atoms with Gasteiger partial charge in [-0.1, -0.05) is 59.5 Å². The van der Waals surface area contributed by atoms with Crippen molar-refractivity contribution in [1.29, 1.82) is 0 Å². The normalized spacial score (nSPS) is 11.3. The van der Waals surface area contributed by atoms with Gasteiger partial charge < -0.3 is 19.9 Å². The summed E-state index contributed by atoms with van der Waals surface area (Å²) >= 11 is 0. The first-order chi connectivity index (χ1) is 21.6. The summed E-state index contributed by atoms with van der Waals surface area (Å²) in [5.41, 5.74) is 18.2. The molecule has 2 aromatic heterocycles. The second-order valence-corrected chi connectivity index (χ2v) is 13.2. The third-order valence-corrected chi connectivity index (χ3v) is 9.24. The van der Waals surface area contributed by atoms with E-state index in [1.54, 1.807) is 51.2 Å². The molecule has 0 aliphatic carbocycles. The molecule has 0 saturated carbocycles. The van der Waals surface area contributed by atoms with Gasteiger partial charge >= 0.3 is 6.09 Å². The van der Waals surface area contributed by atoms with Crippen molar-refractivity contribution >= 4 is 21.7 Å². The zero-order valence-corrected chi connectivity index (χ0v) is 26.3.